The summed E-state index contributed by atoms with van der Waals surface area (Å²) < 4.78 is 0. The minimum atomic E-state index is 0.761. The Morgan fingerprint density at radius 3 is 2.56 bits per heavy atom. The molecule has 0 heterocycles. The molecule has 9 heavy (non-hydrogen) atoms. The van der Waals surface area contributed by atoms with Crippen molar-refractivity contribution in [3.05, 3.63) is 28.8 Å². The summed E-state index contributed by atoms with van der Waals surface area (Å²) in [5.74, 6) is 0. The second kappa shape index (κ2) is 2.54. The van der Waals surface area contributed by atoms with E-state index in [1.54, 1.807) is 0 Å². The highest BCUT2D eigenvalue weighted by atomic mass is 35.5. The maximum absolute atomic E-state index is 5.73. The molecule has 0 fully saturated rings. The predicted molar refractivity (Wildman–Crippen MR) is 41.6 cm³/mol. The lowest BCUT2D eigenvalue weighted by Gasteiger charge is -1.96. The summed E-state index contributed by atoms with van der Waals surface area (Å²) in [4.78, 5) is 0. The largest absolute Gasteiger partial charge is 0.0845 e. The SMILES string of the molecule is Cc1ccc(Cl)c([Si])c1. The van der Waals surface area contributed by atoms with Gasteiger partial charge in [-0.15, -0.1) is 0 Å². The zero-order chi connectivity index (χ0) is 6.85. The second-order valence-corrected chi connectivity index (χ2v) is 2.93. The number of rotatable bonds is 0. The van der Waals surface area contributed by atoms with Crippen LogP contribution in [0.25, 0.3) is 0 Å². The standard InChI is InChI=1S/C7H6ClSi/c1-5-2-3-6(8)7(9)4-5/h2-4H,1H3. The molecule has 0 amide bonds. The molecule has 0 saturated carbocycles. The Labute approximate surface area is 63.3 Å². The van der Waals surface area contributed by atoms with Crippen LogP contribution in [0, 0.1) is 6.92 Å². The highest BCUT2D eigenvalue weighted by Crippen LogP contribution is 2.04. The summed E-state index contributed by atoms with van der Waals surface area (Å²) in [5, 5.41) is 1.72. The Bertz CT molecular complexity index is 220. The van der Waals surface area contributed by atoms with Crippen LogP contribution < -0.4 is 5.19 Å². The maximum atomic E-state index is 5.73. The molecule has 0 aromatic heterocycles. The van der Waals surface area contributed by atoms with Gasteiger partial charge in [0.05, 0.1) is 10.2 Å². The molecule has 0 N–H and O–H groups in total. The van der Waals surface area contributed by atoms with Crippen molar-refractivity contribution in [3.63, 3.8) is 0 Å². The van der Waals surface area contributed by atoms with Crippen molar-refractivity contribution in [2.24, 2.45) is 0 Å². The van der Waals surface area contributed by atoms with Gasteiger partial charge in [0.2, 0.25) is 0 Å². The lowest BCUT2D eigenvalue weighted by atomic mass is 10.2. The van der Waals surface area contributed by atoms with Gasteiger partial charge in [-0.1, -0.05) is 29.3 Å². The van der Waals surface area contributed by atoms with Gasteiger partial charge in [-0.3, -0.25) is 0 Å². The van der Waals surface area contributed by atoms with Crippen LogP contribution in [0.1, 0.15) is 5.56 Å². The summed E-state index contributed by atoms with van der Waals surface area (Å²) in [6, 6.07) is 5.84. The first-order valence-corrected chi connectivity index (χ1v) is 3.55. The molecule has 3 radical (unpaired) electrons. The van der Waals surface area contributed by atoms with E-state index in [4.69, 9.17) is 11.6 Å². The number of hydrogen-bond donors (Lipinski definition) is 0. The smallest absolute Gasteiger partial charge is 0.0733 e. The molecule has 1 aromatic carbocycles. The van der Waals surface area contributed by atoms with Crippen LogP contribution in [0.5, 0.6) is 0 Å². The average molecular weight is 154 g/mol. The average Bonchev–Trinajstić information content (AvgIpc) is 1.80. The Morgan fingerprint density at radius 1 is 1.44 bits per heavy atom. The van der Waals surface area contributed by atoms with E-state index in [0.29, 0.717) is 0 Å². The first-order chi connectivity index (χ1) is 4.20. The fraction of sp³-hybridized carbons (Fsp3) is 0.143. The predicted octanol–water partition coefficient (Wildman–Crippen LogP) is 1.44. The van der Waals surface area contributed by atoms with Crippen molar-refractivity contribution in [1.29, 1.82) is 0 Å². The van der Waals surface area contributed by atoms with Crippen molar-refractivity contribution in [2.75, 3.05) is 0 Å². The van der Waals surface area contributed by atoms with E-state index in [1.165, 1.54) is 5.56 Å². The summed E-state index contributed by atoms with van der Waals surface area (Å²) in [5.41, 5.74) is 1.21. The van der Waals surface area contributed by atoms with Crippen molar-refractivity contribution >= 4 is 27.0 Å². The molecule has 0 saturated heterocycles. The van der Waals surface area contributed by atoms with E-state index < -0.39 is 0 Å². The molecule has 45 valence electrons. The van der Waals surface area contributed by atoms with E-state index in [2.05, 4.69) is 10.2 Å². The highest BCUT2D eigenvalue weighted by Gasteiger charge is 1.91. The van der Waals surface area contributed by atoms with Crippen LogP contribution in [0.2, 0.25) is 5.02 Å². The molecule has 1 rings (SSSR count). The summed E-state index contributed by atoms with van der Waals surface area (Å²) >= 11 is 5.73. The third kappa shape index (κ3) is 1.56. The molecule has 0 unspecified atom stereocenters. The van der Waals surface area contributed by atoms with Gasteiger partial charge < -0.3 is 0 Å². The molecule has 0 aliphatic heterocycles. The molecule has 0 aliphatic carbocycles. The van der Waals surface area contributed by atoms with Gasteiger partial charge in [-0.25, -0.2) is 0 Å². The van der Waals surface area contributed by atoms with E-state index in [9.17, 15) is 0 Å². The van der Waals surface area contributed by atoms with Crippen LogP contribution in [0.3, 0.4) is 0 Å². The third-order valence-corrected chi connectivity index (χ3v) is 2.02. The number of hydrogen-bond acceptors (Lipinski definition) is 0. The van der Waals surface area contributed by atoms with Crippen LogP contribution in [-0.2, 0) is 0 Å². The lowest BCUT2D eigenvalue weighted by molar-refractivity contribution is 1.50. The first-order valence-electron chi connectivity index (χ1n) is 2.68. The van der Waals surface area contributed by atoms with Crippen LogP contribution >= 0.6 is 11.6 Å². The molecule has 1 aromatic rings. The normalized spacial score (nSPS) is 9.67. The number of benzene rings is 1. The molecule has 2 heteroatoms. The second-order valence-electron chi connectivity index (χ2n) is 1.98. The minimum Gasteiger partial charge on any atom is -0.0845 e. The number of halogens is 1. The molecule has 0 aliphatic rings. The first kappa shape index (κ1) is 6.84. The Morgan fingerprint density at radius 2 is 2.11 bits per heavy atom. The Hall–Kier alpha value is -0.273. The summed E-state index contributed by atoms with van der Waals surface area (Å²) in [6.07, 6.45) is 0. The van der Waals surface area contributed by atoms with E-state index >= 15 is 0 Å². The minimum absolute atomic E-state index is 0.761. The van der Waals surface area contributed by atoms with Gasteiger partial charge in [0.1, 0.15) is 0 Å². The van der Waals surface area contributed by atoms with E-state index in [1.807, 2.05) is 25.1 Å². The van der Waals surface area contributed by atoms with E-state index in [-0.39, 0.29) is 0 Å². The molecular weight excluding hydrogens is 148 g/mol. The van der Waals surface area contributed by atoms with Crippen molar-refractivity contribution in [2.45, 2.75) is 6.92 Å². The molecule has 0 spiro atoms. The van der Waals surface area contributed by atoms with Gasteiger partial charge in [-0.05, 0) is 18.2 Å². The lowest BCUT2D eigenvalue weighted by Crippen LogP contribution is -2.03. The topological polar surface area (TPSA) is 0 Å². The highest BCUT2D eigenvalue weighted by molar-refractivity contribution is 6.45. The van der Waals surface area contributed by atoms with Crippen LogP contribution in [0.15, 0.2) is 18.2 Å². The van der Waals surface area contributed by atoms with Gasteiger partial charge in [0.15, 0.2) is 0 Å². The molecule has 0 bridgehead atoms. The van der Waals surface area contributed by atoms with Gasteiger partial charge in [0, 0.05) is 5.02 Å². The molecule has 0 atom stereocenters. The zero-order valence-corrected chi connectivity index (χ0v) is 6.87. The maximum Gasteiger partial charge on any atom is 0.0733 e. The summed E-state index contributed by atoms with van der Waals surface area (Å²) in [7, 11) is 3.36. The van der Waals surface area contributed by atoms with Gasteiger partial charge >= 0.3 is 0 Å². The fourth-order valence-electron chi connectivity index (χ4n) is 0.639. The number of aryl methyl sites for hydroxylation is 1. The fourth-order valence-corrected chi connectivity index (χ4v) is 1.07. The molecular formula is C7H6ClSi. The zero-order valence-electron chi connectivity index (χ0n) is 5.11. The van der Waals surface area contributed by atoms with Crippen LogP contribution in [0.4, 0.5) is 0 Å². The van der Waals surface area contributed by atoms with Crippen molar-refractivity contribution in [1.82, 2.24) is 0 Å². The van der Waals surface area contributed by atoms with Crippen molar-refractivity contribution < 1.29 is 0 Å². The monoisotopic (exact) mass is 153 g/mol. The Balaban J connectivity index is 3.17. The van der Waals surface area contributed by atoms with E-state index in [0.717, 1.165) is 10.2 Å². The third-order valence-electron chi connectivity index (χ3n) is 1.12. The summed E-state index contributed by atoms with van der Waals surface area (Å²) in [6.45, 7) is 2.03. The molecule has 0 nitrogen and oxygen atoms in total. The quantitative estimate of drug-likeness (QED) is 0.495. The van der Waals surface area contributed by atoms with Crippen molar-refractivity contribution in [3.8, 4) is 0 Å². The van der Waals surface area contributed by atoms with Crippen LogP contribution in [-0.4, -0.2) is 10.2 Å². The van der Waals surface area contributed by atoms with Gasteiger partial charge in [0.25, 0.3) is 0 Å². The van der Waals surface area contributed by atoms with Gasteiger partial charge in [-0.2, -0.15) is 0 Å². The Kier molecular flexibility index (Phi) is 1.93.